The van der Waals surface area contributed by atoms with Crippen molar-refractivity contribution in [3.05, 3.63) is 53.7 Å². The zero-order valence-electron chi connectivity index (χ0n) is 11.1. The third-order valence-corrected chi connectivity index (χ3v) is 4.02. The molecule has 0 spiro atoms. The standard InChI is InChI=1S/C16H16FN3/c17-12-3-1-2-11(8-12)13-9-14(13)19-15-6-7-18-16(20-15)10-4-5-10/h1-3,6-8,10,13-14H,4-5,9H2,(H,18,19,20)/t13-,14+/m0/s1. The summed E-state index contributed by atoms with van der Waals surface area (Å²) in [4.78, 5) is 8.88. The predicted molar refractivity (Wildman–Crippen MR) is 75.2 cm³/mol. The maximum atomic E-state index is 13.2. The van der Waals surface area contributed by atoms with Crippen LogP contribution in [-0.2, 0) is 0 Å². The van der Waals surface area contributed by atoms with Gasteiger partial charge in [0, 0.05) is 24.1 Å². The van der Waals surface area contributed by atoms with Crippen LogP contribution in [0.1, 0.15) is 42.5 Å². The first-order chi connectivity index (χ1) is 9.79. The monoisotopic (exact) mass is 269 g/mol. The highest BCUT2D eigenvalue weighted by Crippen LogP contribution is 2.43. The molecule has 20 heavy (non-hydrogen) atoms. The van der Waals surface area contributed by atoms with Gasteiger partial charge in [0.15, 0.2) is 0 Å². The summed E-state index contributed by atoms with van der Waals surface area (Å²) in [5, 5.41) is 3.43. The number of anilines is 1. The van der Waals surface area contributed by atoms with Crippen molar-refractivity contribution < 1.29 is 4.39 Å². The molecule has 3 nitrogen and oxygen atoms in total. The Morgan fingerprint density at radius 1 is 1.20 bits per heavy atom. The summed E-state index contributed by atoms with van der Waals surface area (Å²) in [6.45, 7) is 0. The first-order valence-corrected chi connectivity index (χ1v) is 7.14. The van der Waals surface area contributed by atoms with Crippen LogP contribution in [0.5, 0.6) is 0 Å². The van der Waals surface area contributed by atoms with E-state index in [1.165, 1.54) is 18.9 Å². The Labute approximate surface area is 117 Å². The Hall–Kier alpha value is -1.97. The molecule has 0 radical (unpaired) electrons. The van der Waals surface area contributed by atoms with Crippen LogP contribution in [-0.4, -0.2) is 16.0 Å². The lowest BCUT2D eigenvalue weighted by atomic mass is 10.1. The van der Waals surface area contributed by atoms with Gasteiger partial charge in [-0.05, 0) is 43.0 Å². The average Bonchev–Trinajstić information content (AvgIpc) is 3.34. The minimum atomic E-state index is -0.161. The van der Waals surface area contributed by atoms with Crippen LogP contribution < -0.4 is 5.32 Å². The quantitative estimate of drug-likeness (QED) is 0.923. The van der Waals surface area contributed by atoms with E-state index >= 15 is 0 Å². The molecule has 1 heterocycles. The average molecular weight is 269 g/mol. The van der Waals surface area contributed by atoms with Crippen LogP contribution >= 0.6 is 0 Å². The Morgan fingerprint density at radius 2 is 2.10 bits per heavy atom. The third-order valence-electron chi connectivity index (χ3n) is 4.02. The number of hydrogen-bond donors (Lipinski definition) is 1. The van der Waals surface area contributed by atoms with Crippen LogP contribution in [0, 0.1) is 5.82 Å². The fourth-order valence-corrected chi connectivity index (χ4v) is 2.64. The molecule has 2 aromatic rings. The normalized spacial score (nSPS) is 24.4. The highest BCUT2D eigenvalue weighted by atomic mass is 19.1. The van der Waals surface area contributed by atoms with Gasteiger partial charge in [-0.15, -0.1) is 0 Å². The van der Waals surface area contributed by atoms with E-state index in [1.54, 1.807) is 12.1 Å². The van der Waals surface area contributed by atoms with E-state index in [0.29, 0.717) is 17.9 Å². The van der Waals surface area contributed by atoms with E-state index in [4.69, 9.17) is 0 Å². The van der Waals surface area contributed by atoms with E-state index in [-0.39, 0.29) is 5.82 Å². The molecule has 2 fully saturated rings. The highest BCUT2D eigenvalue weighted by Gasteiger charge is 2.39. The molecule has 102 valence electrons. The van der Waals surface area contributed by atoms with Gasteiger partial charge in [0.1, 0.15) is 17.5 Å². The summed E-state index contributed by atoms with van der Waals surface area (Å²) in [7, 11) is 0. The summed E-state index contributed by atoms with van der Waals surface area (Å²) >= 11 is 0. The largest absolute Gasteiger partial charge is 0.367 e. The maximum absolute atomic E-state index is 13.2. The fourth-order valence-electron chi connectivity index (χ4n) is 2.64. The van der Waals surface area contributed by atoms with E-state index in [9.17, 15) is 4.39 Å². The number of benzene rings is 1. The van der Waals surface area contributed by atoms with Crippen LogP contribution in [0.3, 0.4) is 0 Å². The second kappa shape index (κ2) is 4.54. The molecule has 4 rings (SSSR count). The van der Waals surface area contributed by atoms with Gasteiger partial charge < -0.3 is 5.32 Å². The predicted octanol–water partition coefficient (Wildman–Crippen LogP) is 3.46. The number of hydrogen-bond acceptors (Lipinski definition) is 3. The third kappa shape index (κ3) is 2.38. The van der Waals surface area contributed by atoms with Crippen molar-refractivity contribution in [2.45, 2.75) is 37.1 Å². The Kier molecular flexibility index (Phi) is 2.69. The van der Waals surface area contributed by atoms with E-state index in [2.05, 4.69) is 15.3 Å². The Bertz CT molecular complexity index is 639. The van der Waals surface area contributed by atoms with E-state index in [1.807, 2.05) is 18.3 Å². The lowest BCUT2D eigenvalue weighted by Gasteiger charge is -2.06. The van der Waals surface area contributed by atoms with E-state index < -0.39 is 0 Å². The van der Waals surface area contributed by atoms with Crippen LogP contribution in [0.15, 0.2) is 36.5 Å². The molecule has 0 saturated heterocycles. The molecule has 0 bridgehead atoms. The molecular formula is C16H16FN3. The molecule has 2 atom stereocenters. The van der Waals surface area contributed by atoms with Crippen molar-refractivity contribution in [1.82, 2.24) is 9.97 Å². The summed E-state index contributed by atoms with van der Waals surface area (Å²) < 4.78 is 13.2. The topological polar surface area (TPSA) is 37.8 Å². The summed E-state index contributed by atoms with van der Waals surface area (Å²) in [6.07, 6.45) is 5.27. The minimum absolute atomic E-state index is 0.161. The molecule has 2 saturated carbocycles. The van der Waals surface area contributed by atoms with Crippen LogP contribution in [0.4, 0.5) is 10.2 Å². The van der Waals surface area contributed by atoms with Crippen molar-refractivity contribution in [3.63, 3.8) is 0 Å². The molecule has 1 N–H and O–H groups in total. The van der Waals surface area contributed by atoms with Crippen molar-refractivity contribution in [1.29, 1.82) is 0 Å². The van der Waals surface area contributed by atoms with Crippen molar-refractivity contribution >= 4 is 5.82 Å². The second-order valence-corrected chi connectivity index (χ2v) is 5.72. The van der Waals surface area contributed by atoms with Gasteiger partial charge >= 0.3 is 0 Å². The SMILES string of the molecule is Fc1cccc([C@@H]2C[C@H]2Nc2ccnc(C3CC3)n2)c1. The number of aromatic nitrogens is 2. The molecule has 1 aromatic carbocycles. The van der Waals surface area contributed by atoms with Crippen molar-refractivity contribution in [3.8, 4) is 0 Å². The van der Waals surface area contributed by atoms with Crippen LogP contribution in [0.2, 0.25) is 0 Å². The zero-order chi connectivity index (χ0) is 13.5. The first-order valence-electron chi connectivity index (χ1n) is 7.14. The Balaban J connectivity index is 1.45. The molecule has 2 aliphatic carbocycles. The number of halogens is 1. The number of nitrogens with one attached hydrogen (secondary N) is 1. The zero-order valence-corrected chi connectivity index (χ0v) is 11.1. The molecule has 4 heteroatoms. The molecule has 1 aromatic heterocycles. The minimum Gasteiger partial charge on any atom is -0.367 e. The number of rotatable bonds is 4. The van der Waals surface area contributed by atoms with E-state index in [0.717, 1.165) is 23.6 Å². The summed E-state index contributed by atoms with van der Waals surface area (Å²) in [5.41, 5.74) is 1.07. The maximum Gasteiger partial charge on any atom is 0.133 e. The lowest BCUT2D eigenvalue weighted by Crippen LogP contribution is -2.07. The van der Waals surface area contributed by atoms with Gasteiger partial charge in [-0.1, -0.05) is 12.1 Å². The first kappa shape index (κ1) is 11.8. The van der Waals surface area contributed by atoms with Crippen molar-refractivity contribution in [2.24, 2.45) is 0 Å². The molecule has 0 aliphatic heterocycles. The molecular weight excluding hydrogens is 253 g/mol. The fraction of sp³-hybridized carbons (Fsp3) is 0.375. The smallest absolute Gasteiger partial charge is 0.133 e. The Morgan fingerprint density at radius 3 is 2.90 bits per heavy atom. The summed E-state index contributed by atoms with van der Waals surface area (Å²) in [6, 6.07) is 9.15. The lowest BCUT2D eigenvalue weighted by molar-refractivity contribution is 0.625. The number of nitrogens with zero attached hydrogens (tertiary/aromatic N) is 2. The highest BCUT2D eigenvalue weighted by molar-refractivity contribution is 5.41. The van der Waals surface area contributed by atoms with Gasteiger partial charge in [0.2, 0.25) is 0 Å². The van der Waals surface area contributed by atoms with Gasteiger partial charge in [-0.2, -0.15) is 0 Å². The van der Waals surface area contributed by atoms with Gasteiger partial charge in [0.05, 0.1) is 0 Å². The second-order valence-electron chi connectivity index (χ2n) is 5.72. The van der Waals surface area contributed by atoms with Gasteiger partial charge in [-0.3, -0.25) is 0 Å². The molecule has 0 amide bonds. The van der Waals surface area contributed by atoms with Gasteiger partial charge in [0.25, 0.3) is 0 Å². The van der Waals surface area contributed by atoms with Gasteiger partial charge in [-0.25, -0.2) is 14.4 Å². The van der Waals surface area contributed by atoms with Crippen LogP contribution in [0.25, 0.3) is 0 Å². The summed E-state index contributed by atoms with van der Waals surface area (Å²) in [5.74, 6) is 2.65. The molecule has 2 aliphatic rings. The van der Waals surface area contributed by atoms with Crippen molar-refractivity contribution in [2.75, 3.05) is 5.32 Å². The molecule has 0 unspecified atom stereocenters.